The molecule has 0 bridgehead atoms. The van der Waals surface area contributed by atoms with Gasteiger partial charge in [0.2, 0.25) is 0 Å². The Labute approximate surface area is 190 Å². The molecule has 0 spiro atoms. The number of hydrazone groups is 1. The summed E-state index contributed by atoms with van der Waals surface area (Å²) in [6.07, 6.45) is 1.41. The molecule has 0 atom stereocenters. The fourth-order valence-corrected chi connectivity index (χ4v) is 3.17. The molecule has 0 aliphatic carbocycles. The summed E-state index contributed by atoms with van der Waals surface area (Å²) >= 11 is 6.42. The van der Waals surface area contributed by atoms with Crippen LogP contribution >= 0.6 is 11.6 Å². The van der Waals surface area contributed by atoms with Gasteiger partial charge in [-0.15, -0.1) is 0 Å². The minimum Gasteiger partial charge on any atom is -0.493 e. The fourth-order valence-electron chi connectivity index (χ4n) is 2.85. The van der Waals surface area contributed by atoms with Crippen molar-refractivity contribution in [1.29, 1.82) is 0 Å². The van der Waals surface area contributed by atoms with Gasteiger partial charge in [0, 0.05) is 5.56 Å². The minimum atomic E-state index is -0.501. The van der Waals surface area contributed by atoms with Gasteiger partial charge in [-0.2, -0.15) is 10.2 Å². The van der Waals surface area contributed by atoms with E-state index in [0.717, 1.165) is 5.69 Å². The molecule has 0 aliphatic heterocycles. The van der Waals surface area contributed by atoms with Gasteiger partial charge in [-0.25, -0.2) is 10.1 Å². The highest BCUT2D eigenvalue weighted by Crippen LogP contribution is 2.27. The van der Waals surface area contributed by atoms with Gasteiger partial charge in [0.05, 0.1) is 43.9 Å². The third-order valence-electron chi connectivity index (χ3n) is 4.49. The maximum Gasteiger partial charge on any atom is 0.259 e. The zero-order valence-corrected chi connectivity index (χ0v) is 18.5. The lowest BCUT2D eigenvalue weighted by Crippen LogP contribution is -2.34. The third kappa shape index (κ3) is 5.25. The van der Waals surface area contributed by atoms with Crippen molar-refractivity contribution in [3.05, 3.63) is 70.5 Å². The van der Waals surface area contributed by atoms with Gasteiger partial charge in [-0.1, -0.05) is 29.8 Å². The summed E-state index contributed by atoms with van der Waals surface area (Å²) in [5.74, 6) is -0.0226. The maximum absolute atomic E-state index is 12.3. The largest absolute Gasteiger partial charge is 0.493 e. The molecule has 0 aliphatic rings. The van der Waals surface area contributed by atoms with Gasteiger partial charge in [0.15, 0.2) is 11.5 Å². The highest BCUT2D eigenvalue weighted by Gasteiger charge is 2.14. The van der Waals surface area contributed by atoms with Gasteiger partial charge in [0.1, 0.15) is 5.15 Å². The number of aryl methyl sites for hydroxylation is 1. The first kappa shape index (κ1) is 22.8. The van der Waals surface area contributed by atoms with Crippen LogP contribution in [0.25, 0.3) is 5.69 Å². The summed E-state index contributed by atoms with van der Waals surface area (Å²) in [7, 11) is 2.98. The van der Waals surface area contributed by atoms with Crippen LogP contribution in [0.5, 0.6) is 11.5 Å². The monoisotopic (exact) mass is 455 g/mol. The average Bonchev–Trinajstić information content (AvgIpc) is 3.11. The number of carbonyl (C=O) groups is 2. The van der Waals surface area contributed by atoms with Crippen LogP contribution in [0.1, 0.15) is 21.6 Å². The predicted molar refractivity (Wildman–Crippen MR) is 121 cm³/mol. The number of methoxy groups -OCH3 is 2. The quantitative estimate of drug-likeness (QED) is 0.401. The SMILES string of the molecule is COc1ccc(C(=O)NCC(=O)N/N=C/c2c(C)nn(-c3ccccc3)c2Cl)cc1OC. The number of nitrogens with zero attached hydrogens (tertiary/aromatic N) is 3. The standard InChI is InChI=1S/C22H22ClN5O4/c1-14-17(21(23)28(27-14)16-7-5-4-6-8-16)12-25-26-20(29)13-24-22(30)15-9-10-18(31-2)19(11-15)32-3/h4-12H,13H2,1-3H3,(H,24,30)(H,26,29)/b25-12+. The fraction of sp³-hybridized carbons (Fsp3) is 0.182. The van der Waals surface area contributed by atoms with E-state index in [1.165, 1.54) is 26.5 Å². The van der Waals surface area contributed by atoms with E-state index in [-0.39, 0.29) is 6.54 Å². The first-order valence-electron chi connectivity index (χ1n) is 9.57. The van der Waals surface area contributed by atoms with Crippen LogP contribution < -0.4 is 20.2 Å². The third-order valence-corrected chi connectivity index (χ3v) is 4.85. The van der Waals surface area contributed by atoms with E-state index in [9.17, 15) is 9.59 Å². The normalized spacial score (nSPS) is 10.8. The van der Waals surface area contributed by atoms with Crippen LogP contribution in [0.4, 0.5) is 0 Å². The number of nitrogens with one attached hydrogen (secondary N) is 2. The lowest BCUT2D eigenvalue weighted by Gasteiger charge is -2.09. The van der Waals surface area contributed by atoms with Crippen LogP contribution in [0.3, 0.4) is 0 Å². The summed E-state index contributed by atoms with van der Waals surface area (Å²) in [4.78, 5) is 24.3. The van der Waals surface area contributed by atoms with Gasteiger partial charge < -0.3 is 14.8 Å². The number of hydrogen-bond donors (Lipinski definition) is 2. The summed E-state index contributed by atoms with van der Waals surface area (Å²) in [6.45, 7) is 1.53. The van der Waals surface area contributed by atoms with E-state index in [0.29, 0.717) is 33.5 Å². The van der Waals surface area contributed by atoms with Crippen molar-refractivity contribution >= 4 is 29.6 Å². The highest BCUT2D eigenvalue weighted by molar-refractivity contribution is 6.32. The van der Waals surface area contributed by atoms with E-state index in [2.05, 4.69) is 20.9 Å². The number of ether oxygens (including phenoxy) is 2. The molecule has 0 saturated carbocycles. The first-order valence-corrected chi connectivity index (χ1v) is 9.95. The van der Waals surface area contributed by atoms with E-state index < -0.39 is 11.8 Å². The molecule has 0 fully saturated rings. The van der Waals surface area contributed by atoms with Crippen molar-refractivity contribution in [2.75, 3.05) is 20.8 Å². The number of hydrogen-bond acceptors (Lipinski definition) is 6. The van der Waals surface area contributed by atoms with Crippen LogP contribution in [-0.2, 0) is 4.79 Å². The van der Waals surface area contributed by atoms with Crippen LogP contribution in [0.15, 0.2) is 53.6 Å². The van der Waals surface area contributed by atoms with E-state index in [1.807, 2.05) is 30.3 Å². The molecule has 1 aromatic heterocycles. The molecule has 0 saturated heterocycles. The van der Waals surface area contributed by atoms with Gasteiger partial charge >= 0.3 is 0 Å². The van der Waals surface area contributed by atoms with Crippen molar-refractivity contribution in [2.45, 2.75) is 6.92 Å². The molecular formula is C22H22ClN5O4. The minimum absolute atomic E-state index is 0.263. The molecule has 3 rings (SSSR count). The predicted octanol–water partition coefficient (Wildman–Crippen LogP) is 2.73. The van der Waals surface area contributed by atoms with Crippen LogP contribution in [0, 0.1) is 6.92 Å². The maximum atomic E-state index is 12.3. The Balaban J connectivity index is 1.57. The topological polar surface area (TPSA) is 107 Å². The average molecular weight is 456 g/mol. The van der Waals surface area contributed by atoms with Gasteiger partial charge in [0.25, 0.3) is 11.8 Å². The lowest BCUT2D eigenvalue weighted by molar-refractivity contribution is -0.120. The highest BCUT2D eigenvalue weighted by atomic mass is 35.5. The van der Waals surface area contributed by atoms with E-state index in [4.69, 9.17) is 21.1 Å². The molecule has 1 heterocycles. The number of rotatable bonds is 8. The Morgan fingerprint density at radius 1 is 1.12 bits per heavy atom. The zero-order chi connectivity index (χ0) is 23.1. The molecule has 10 heteroatoms. The number of benzene rings is 2. The number of para-hydroxylation sites is 1. The van der Waals surface area contributed by atoms with E-state index in [1.54, 1.807) is 23.7 Å². The van der Waals surface area contributed by atoms with Crippen LogP contribution in [0.2, 0.25) is 5.15 Å². The Hall–Kier alpha value is -3.85. The molecular weight excluding hydrogens is 434 g/mol. The Morgan fingerprint density at radius 3 is 2.53 bits per heavy atom. The van der Waals surface area contributed by atoms with E-state index >= 15 is 0 Å². The molecule has 32 heavy (non-hydrogen) atoms. The van der Waals surface area contributed by atoms with Crippen molar-refractivity contribution < 1.29 is 19.1 Å². The molecule has 0 radical (unpaired) electrons. The Bertz CT molecular complexity index is 1140. The van der Waals surface area contributed by atoms with Crippen molar-refractivity contribution in [3.8, 4) is 17.2 Å². The molecule has 2 aromatic carbocycles. The van der Waals surface area contributed by atoms with Gasteiger partial charge in [-0.05, 0) is 37.3 Å². The molecule has 9 nitrogen and oxygen atoms in total. The van der Waals surface area contributed by atoms with Crippen molar-refractivity contribution in [2.24, 2.45) is 5.10 Å². The summed E-state index contributed by atoms with van der Waals surface area (Å²) < 4.78 is 11.9. The Morgan fingerprint density at radius 2 is 1.84 bits per heavy atom. The molecule has 3 aromatic rings. The number of carbonyl (C=O) groups excluding carboxylic acids is 2. The summed E-state index contributed by atoms with van der Waals surface area (Å²) in [5.41, 5.74) is 4.72. The second-order valence-corrected chi connectivity index (χ2v) is 6.94. The molecule has 166 valence electrons. The van der Waals surface area contributed by atoms with Gasteiger partial charge in [-0.3, -0.25) is 9.59 Å². The number of amides is 2. The number of aromatic nitrogens is 2. The Kier molecular flexibility index (Phi) is 7.45. The summed E-state index contributed by atoms with van der Waals surface area (Å²) in [5, 5.41) is 11.2. The smallest absolute Gasteiger partial charge is 0.259 e. The molecule has 2 amide bonds. The lowest BCUT2D eigenvalue weighted by atomic mass is 10.2. The second-order valence-electron chi connectivity index (χ2n) is 6.58. The van der Waals surface area contributed by atoms with Crippen molar-refractivity contribution in [1.82, 2.24) is 20.5 Å². The summed E-state index contributed by atoms with van der Waals surface area (Å²) in [6, 6.07) is 14.1. The number of halogens is 1. The second kappa shape index (κ2) is 10.5. The molecule has 2 N–H and O–H groups in total. The van der Waals surface area contributed by atoms with Crippen LogP contribution in [-0.4, -0.2) is 48.6 Å². The molecule has 0 unspecified atom stereocenters. The first-order chi connectivity index (χ1) is 15.4. The van der Waals surface area contributed by atoms with Crippen molar-refractivity contribution in [3.63, 3.8) is 0 Å². The zero-order valence-electron chi connectivity index (χ0n) is 17.8.